The lowest BCUT2D eigenvalue weighted by atomic mass is 10.0. The monoisotopic (exact) mass is 315 g/mol. The molecule has 0 saturated carbocycles. The van der Waals surface area contributed by atoms with Crippen molar-refractivity contribution >= 4 is 23.5 Å². The molecule has 2 aromatic rings. The molecule has 1 amide bonds. The van der Waals surface area contributed by atoms with Crippen LogP contribution in [0.1, 0.15) is 44.3 Å². The second-order valence-electron chi connectivity index (χ2n) is 5.26. The van der Waals surface area contributed by atoms with E-state index in [1.165, 1.54) is 0 Å². The van der Waals surface area contributed by atoms with Gasteiger partial charge in [0.1, 0.15) is 0 Å². The third kappa shape index (κ3) is 2.70. The quantitative estimate of drug-likeness (QED) is 0.911. The molecule has 5 heteroatoms. The fourth-order valence-corrected chi connectivity index (χ4v) is 3.00. The summed E-state index contributed by atoms with van der Waals surface area (Å²) in [5.74, 6) is -1.16. The van der Waals surface area contributed by atoms with E-state index in [0.717, 1.165) is 24.0 Å². The number of halogens is 1. The van der Waals surface area contributed by atoms with Crippen LogP contribution >= 0.6 is 11.6 Å². The normalized spacial score (nSPS) is 16.1. The summed E-state index contributed by atoms with van der Waals surface area (Å²) in [5.41, 5.74) is 2.67. The number of carboxylic acids is 1. The number of amides is 1. The van der Waals surface area contributed by atoms with E-state index in [4.69, 9.17) is 16.7 Å². The van der Waals surface area contributed by atoms with Crippen LogP contribution in [-0.4, -0.2) is 17.0 Å². The van der Waals surface area contributed by atoms with Crippen LogP contribution in [0.15, 0.2) is 42.5 Å². The number of nitrogens with one attached hydrogen (secondary N) is 1. The van der Waals surface area contributed by atoms with Gasteiger partial charge < -0.3 is 10.4 Å². The SMILES string of the molecule is O=C(O)c1ccc2c(c1)CC[C@H]2NC(=O)c1ccccc1Cl. The van der Waals surface area contributed by atoms with E-state index < -0.39 is 5.97 Å². The van der Waals surface area contributed by atoms with Crippen molar-refractivity contribution in [3.8, 4) is 0 Å². The highest BCUT2D eigenvalue weighted by Gasteiger charge is 2.25. The Morgan fingerprint density at radius 2 is 1.95 bits per heavy atom. The van der Waals surface area contributed by atoms with Crippen molar-refractivity contribution in [1.82, 2.24) is 5.32 Å². The summed E-state index contributed by atoms with van der Waals surface area (Å²) in [6.07, 6.45) is 1.51. The molecule has 0 radical (unpaired) electrons. The molecule has 0 fully saturated rings. The van der Waals surface area contributed by atoms with Gasteiger partial charge in [-0.25, -0.2) is 4.79 Å². The molecule has 22 heavy (non-hydrogen) atoms. The van der Waals surface area contributed by atoms with Crippen molar-refractivity contribution < 1.29 is 14.7 Å². The van der Waals surface area contributed by atoms with Gasteiger partial charge in [-0.05, 0) is 48.2 Å². The molecule has 1 aliphatic rings. The molecule has 1 atom stereocenters. The average Bonchev–Trinajstić information content (AvgIpc) is 2.90. The van der Waals surface area contributed by atoms with E-state index in [1.807, 2.05) is 0 Å². The first-order chi connectivity index (χ1) is 10.6. The third-order valence-corrected chi connectivity index (χ3v) is 4.22. The van der Waals surface area contributed by atoms with E-state index in [9.17, 15) is 9.59 Å². The third-order valence-electron chi connectivity index (χ3n) is 3.89. The molecule has 0 spiro atoms. The van der Waals surface area contributed by atoms with Gasteiger partial charge in [0.15, 0.2) is 0 Å². The number of benzene rings is 2. The number of carboxylic acid groups (broad SMARTS) is 1. The molecule has 2 aromatic carbocycles. The summed E-state index contributed by atoms with van der Waals surface area (Å²) in [7, 11) is 0. The van der Waals surface area contributed by atoms with E-state index in [1.54, 1.807) is 42.5 Å². The maximum atomic E-state index is 12.3. The summed E-state index contributed by atoms with van der Waals surface area (Å²) in [5, 5.41) is 12.4. The molecule has 1 aliphatic carbocycles. The number of carbonyl (C=O) groups is 2. The standard InChI is InChI=1S/C17H14ClNO3/c18-14-4-2-1-3-13(14)16(20)19-15-8-6-10-9-11(17(21)22)5-7-12(10)15/h1-5,7,9,15H,6,8H2,(H,19,20)(H,21,22)/t15-/m1/s1. The fraction of sp³-hybridized carbons (Fsp3) is 0.176. The Balaban J connectivity index is 1.81. The van der Waals surface area contributed by atoms with E-state index in [2.05, 4.69) is 5.32 Å². The molecule has 0 saturated heterocycles. The van der Waals surface area contributed by atoms with Gasteiger partial charge in [0.25, 0.3) is 5.91 Å². The summed E-state index contributed by atoms with van der Waals surface area (Å²) < 4.78 is 0. The van der Waals surface area contributed by atoms with E-state index >= 15 is 0 Å². The molecular weight excluding hydrogens is 302 g/mol. The Bertz CT molecular complexity index is 757. The predicted octanol–water partition coefficient (Wildman–Crippen LogP) is 3.46. The Morgan fingerprint density at radius 1 is 1.18 bits per heavy atom. The van der Waals surface area contributed by atoms with Crippen LogP contribution in [0.5, 0.6) is 0 Å². The number of fused-ring (bicyclic) bond motifs is 1. The summed E-state index contributed by atoms with van der Waals surface area (Å²) in [4.78, 5) is 23.3. The summed E-state index contributed by atoms with van der Waals surface area (Å²) in [6, 6.07) is 11.8. The Kier molecular flexibility index (Phi) is 3.86. The maximum Gasteiger partial charge on any atom is 0.335 e. The van der Waals surface area contributed by atoms with Crippen LogP contribution in [0.25, 0.3) is 0 Å². The minimum absolute atomic E-state index is 0.110. The molecule has 0 bridgehead atoms. The summed E-state index contributed by atoms with van der Waals surface area (Å²) >= 11 is 6.03. The van der Waals surface area contributed by atoms with E-state index in [-0.39, 0.29) is 17.5 Å². The fourth-order valence-electron chi connectivity index (χ4n) is 2.78. The van der Waals surface area contributed by atoms with Crippen molar-refractivity contribution in [2.45, 2.75) is 18.9 Å². The molecular formula is C17H14ClNO3. The molecule has 0 aliphatic heterocycles. The van der Waals surface area contributed by atoms with Gasteiger partial charge in [-0.2, -0.15) is 0 Å². The second kappa shape index (κ2) is 5.81. The first kappa shape index (κ1) is 14.6. The maximum absolute atomic E-state index is 12.3. The van der Waals surface area contributed by atoms with Crippen molar-refractivity contribution in [2.24, 2.45) is 0 Å². The van der Waals surface area contributed by atoms with Crippen LogP contribution in [0, 0.1) is 0 Å². The zero-order valence-corrected chi connectivity index (χ0v) is 12.4. The minimum atomic E-state index is -0.939. The predicted molar refractivity (Wildman–Crippen MR) is 83.4 cm³/mol. The van der Waals surface area contributed by atoms with Crippen molar-refractivity contribution in [3.05, 3.63) is 69.7 Å². The number of carbonyl (C=O) groups excluding carboxylic acids is 1. The lowest BCUT2D eigenvalue weighted by molar-refractivity contribution is 0.0696. The van der Waals surface area contributed by atoms with Gasteiger partial charge in [-0.3, -0.25) is 4.79 Å². The Morgan fingerprint density at radius 3 is 2.68 bits per heavy atom. The average molecular weight is 316 g/mol. The Hall–Kier alpha value is -2.33. The van der Waals surface area contributed by atoms with Gasteiger partial charge in [0.2, 0.25) is 0 Å². The van der Waals surface area contributed by atoms with Gasteiger partial charge >= 0.3 is 5.97 Å². The first-order valence-electron chi connectivity index (χ1n) is 6.98. The lowest BCUT2D eigenvalue weighted by Gasteiger charge is -2.15. The highest BCUT2D eigenvalue weighted by atomic mass is 35.5. The van der Waals surface area contributed by atoms with Crippen LogP contribution in [0.4, 0.5) is 0 Å². The van der Waals surface area contributed by atoms with Crippen molar-refractivity contribution in [3.63, 3.8) is 0 Å². The zero-order valence-electron chi connectivity index (χ0n) is 11.7. The number of aromatic carboxylic acids is 1. The second-order valence-corrected chi connectivity index (χ2v) is 5.67. The van der Waals surface area contributed by atoms with Crippen LogP contribution in [-0.2, 0) is 6.42 Å². The first-order valence-corrected chi connectivity index (χ1v) is 7.35. The van der Waals surface area contributed by atoms with Crippen molar-refractivity contribution in [1.29, 1.82) is 0 Å². The zero-order chi connectivity index (χ0) is 15.7. The highest BCUT2D eigenvalue weighted by Crippen LogP contribution is 2.32. The topological polar surface area (TPSA) is 66.4 Å². The molecule has 2 N–H and O–H groups in total. The number of aryl methyl sites for hydroxylation is 1. The Labute approximate surface area is 132 Å². The van der Waals surface area contributed by atoms with Crippen molar-refractivity contribution in [2.75, 3.05) is 0 Å². The van der Waals surface area contributed by atoms with Gasteiger partial charge in [-0.1, -0.05) is 29.8 Å². The molecule has 0 heterocycles. The number of hydrogen-bond acceptors (Lipinski definition) is 2. The van der Waals surface area contributed by atoms with Crippen LogP contribution in [0.3, 0.4) is 0 Å². The number of rotatable bonds is 3. The number of hydrogen-bond donors (Lipinski definition) is 2. The van der Waals surface area contributed by atoms with Crippen LogP contribution in [0.2, 0.25) is 5.02 Å². The molecule has 0 unspecified atom stereocenters. The van der Waals surface area contributed by atoms with Crippen LogP contribution < -0.4 is 5.32 Å². The molecule has 4 nitrogen and oxygen atoms in total. The molecule has 112 valence electrons. The van der Waals surface area contributed by atoms with Gasteiger partial charge in [0.05, 0.1) is 22.2 Å². The minimum Gasteiger partial charge on any atom is -0.478 e. The largest absolute Gasteiger partial charge is 0.478 e. The summed E-state index contributed by atoms with van der Waals surface area (Å²) in [6.45, 7) is 0. The highest BCUT2D eigenvalue weighted by molar-refractivity contribution is 6.33. The van der Waals surface area contributed by atoms with E-state index in [0.29, 0.717) is 10.6 Å². The van der Waals surface area contributed by atoms with Gasteiger partial charge in [0, 0.05) is 0 Å². The lowest BCUT2D eigenvalue weighted by Crippen LogP contribution is -2.27. The smallest absolute Gasteiger partial charge is 0.335 e. The molecule has 0 aromatic heterocycles. The van der Waals surface area contributed by atoms with Gasteiger partial charge in [-0.15, -0.1) is 0 Å². The molecule has 3 rings (SSSR count).